The third-order valence-electron chi connectivity index (χ3n) is 4.92. The van der Waals surface area contributed by atoms with Crippen molar-refractivity contribution in [1.29, 1.82) is 5.26 Å². The van der Waals surface area contributed by atoms with Crippen LogP contribution in [0, 0.1) is 29.1 Å². The zero-order chi connectivity index (χ0) is 16.8. The zero-order valence-corrected chi connectivity index (χ0v) is 13.7. The van der Waals surface area contributed by atoms with Gasteiger partial charge in [0.2, 0.25) is 0 Å². The number of methoxy groups -OCH3 is 1. The molecule has 6 heteroatoms. The number of hydrogen-bond acceptors (Lipinski definition) is 5. The molecule has 126 valence electrons. The molecule has 0 aromatic heterocycles. The van der Waals surface area contributed by atoms with E-state index >= 15 is 0 Å². The number of amides is 1. The van der Waals surface area contributed by atoms with Crippen molar-refractivity contribution in [2.45, 2.75) is 38.6 Å². The molecule has 2 rings (SSSR count). The minimum atomic E-state index is -0.567. The van der Waals surface area contributed by atoms with Gasteiger partial charge in [-0.2, -0.15) is 5.26 Å². The van der Waals surface area contributed by atoms with Gasteiger partial charge >= 0.3 is 12.1 Å². The van der Waals surface area contributed by atoms with Gasteiger partial charge in [-0.25, -0.2) is 9.59 Å². The molecule has 0 aromatic rings. The lowest BCUT2D eigenvalue weighted by Crippen LogP contribution is -2.54. The lowest BCUT2D eigenvalue weighted by molar-refractivity contribution is -0.152. The van der Waals surface area contributed by atoms with Gasteiger partial charge in [0.15, 0.2) is 0 Å². The number of ether oxygens (including phenoxy) is 2. The minimum Gasteiger partial charge on any atom is -0.464 e. The summed E-state index contributed by atoms with van der Waals surface area (Å²) >= 11 is 0. The molecule has 0 bridgehead atoms. The Kier molecular flexibility index (Phi) is 6.03. The molecule has 1 saturated heterocycles. The Morgan fingerprint density at radius 1 is 1.30 bits per heavy atom. The van der Waals surface area contributed by atoms with E-state index in [1.54, 1.807) is 6.92 Å². The molecule has 4 unspecified atom stereocenters. The van der Waals surface area contributed by atoms with Crippen LogP contribution in [0.3, 0.4) is 0 Å². The normalized spacial score (nSPS) is 30.4. The average molecular weight is 320 g/mol. The first-order valence-electron chi connectivity index (χ1n) is 8.18. The molecule has 23 heavy (non-hydrogen) atoms. The Labute approximate surface area is 137 Å². The minimum absolute atomic E-state index is 0.298. The molecule has 4 atom stereocenters. The molecular weight excluding hydrogens is 296 g/mol. The summed E-state index contributed by atoms with van der Waals surface area (Å²) in [5.41, 5.74) is 0. The average Bonchev–Trinajstić information content (AvgIpc) is 2.58. The molecule has 1 amide bonds. The van der Waals surface area contributed by atoms with Crippen LogP contribution in [0.25, 0.3) is 0 Å². The number of allylic oxidation sites excluding steroid dienone is 2. The largest absolute Gasteiger partial charge is 0.464 e. The van der Waals surface area contributed by atoms with Crippen LogP contribution in [-0.2, 0) is 14.3 Å². The molecule has 0 N–H and O–H groups in total. The molecule has 0 spiro atoms. The van der Waals surface area contributed by atoms with Gasteiger partial charge in [0.05, 0.1) is 19.8 Å². The van der Waals surface area contributed by atoms with Gasteiger partial charge in [0, 0.05) is 12.6 Å². The lowest BCUT2D eigenvalue weighted by atomic mass is 9.69. The second-order valence-electron chi connectivity index (χ2n) is 6.21. The van der Waals surface area contributed by atoms with E-state index in [2.05, 4.69) is 0 Å². The van der Waals surface area contributed by atoms with Crippen molar-refractivity contribution in [3.63, 3.8) is 0 Å². The van der Waals surface area contributed by atoms with E-state index in [0.29, 0.717) is 37.3 Å². The Balaban J connectivity index is 2.11. The third-order valence-corrected chi connectivity index (χ3v) is 4.92. The molecule has 1 aliphatic carbocycles. The summed E-state index contributed by atoms with van der Waals surface area (Å²) in [6, 6.07) is 1.47. The van der Waals surface area contributed by atoms with Crippen LogP contribution in [0.2, 0.25) is 0 Å². The third kappa shape index (κ3) is 4.04. The smallest absolute Gasteiger partial charge is 0.410 e. The fraction of sp³-hybridized carbons (Fsp3) is 0.706. The van der Waals surface area contributed by atoms with Crippen molar-refractivity contribution in [1.82, 2.24) is 4.90 Å². The summed E-state index contributed by atoms with van der Waals surface area (Å²) in [7, 11) is 1.33. The lowest BCUT2D eigenvalue weighted by Gasteiger charge is -2.45. The van der Waals surface area contributed by atoms with Crippen molar-refractivity contribution in [3.05, 3.63) is 12.2 Å². The topological polar surface area (TPSA) is 79.6 Å². The summed E-state index contributed by atoms with van der Waals surface area (Å²) in [6.45, 7) is 2.59. The standard InChI is InChI=1S/C17H24N2O4/c1-3-23-16(20)15-10-14-9-12(5-4-8-18)6-7-13(14)11-19(15)17(21)22-2/h4-5,12-15H,3,6-7,9-11H2,1-2H3/b5-4+. The molecule has 6 nitrogen and oxygen atoms in total. The molecule has 1 heterocycles. The van der Waals surface area contributed by atoms with Crippen LogP contribution in [0.1, 0.15) is 32.6 Å². The number of carbonyl (C=O) groups excluding carboxylic acids is 2. The van der Waals surface area contributed by atoms with E-state index in [9.17, 15) is 9.59 Å². The van der Waals surface area contributed by atoms with Crippen LogP contribution in [-0.4, -0.2) is 43.3 Å². The van der Waals surface area contributed by atoms with Gasteiger partial charge in [0.1, 0.15) is 6.04 Å². The number of rotatable bonds is 3. The predicted octanol–water partition coefficient (Wildman–Crippen LogP) is 2.50. The van der Waals surface area contributed by atoms with Crippen molar-refractivity contribution in [2.24, 2.45) is 17.8 Å². The maximum Gasteiger partial charge on any atom is 0.410 e. The molecular formula is C17H24N2O4. The number of piperidine rings is 1. The summed E-state index contributed by atoms with van der Waals surface area (Å²) in [6.07, 6.45) is 6.60. The monoisotopic (exact) mass is 320 g/mol. The van der Waals surface area contributed by atoms with E-state index in [-0.39, 0.29) is 5.97 Å². The van der Waals surface area contributed by atoms with Crippen molar-refractivity contribution in [2.75, 3.05) is 20.3 Å². The highest BCUT2D eigenvalue weighted by atomic mass is 16.6. The maximum absolute atomic E-state index is 12.2. The van der Waals surface area contributed by atoms with Crippen molar-refractivity contribution in [3.8, 4) is 6.07 Å². The van der Waals surface area contributed by atoms with E-state index in [1.807, 2.05) is 12.1 Å². The van der Waals surface area contributed by atoms with Crippen LogP contribution < -0.4 is 0 Å². The highest BCUT2D eigenvalue weighted by Gasteiger charge is 2.44. The second kappa shape index (κ2) is 8.00. The molecule has 0 radical (unpaired) electrons. The first kappa shape index (κ1) is 17.3. The Bertz CT molecular complexity index is 511. The SMILES string of the molecule is CCOC(=O)C1CC2CC(/C=C/C#N)CCC2CN1C(=O)OC. The number of hydrogen-bond donors (Lipinski definition) is 0. The highest BCUT2D eigenvalue weighted by molar-refractivity contribution is 5.81. The fourth-order valence-corrected chi connectivity index (χ4v) is 3.82. The van der Waals surface area contributed by atoms with Gasteiger partial charge in [-0.1, -0.05) is 6.08 Å². The summed E-state index contributed by atoms with van der Waals surface area (Å²) in [4.78, 5) is 25.8. The number of likely N-dealkylation sites (tertiary alicyclic amines) is 1. The summed E-state index contributed by atoms with van der Waals surface area (Å²) in [5, 5.41) is 8.67. The Morgan fingerprint density at radius 3 is 2.74 bits per heavy atom. The van der Waals surface area contributed by atoms with Crippen LogP contribution >= 0.6 is 0 Å². The van der Waals surface area contributed by atoms with Gasteiger partial charge in [0.25, 0.3) is 0 Å². The van der Waals surface area contributed by atoms with Gasteiger partial charge < -0.3 is 9.47 Å². The van der Waals surface area contributed by atoms with Gasteiger partial charge in [-0.3, -0.25) is 4.90 Å². The van der Waals surface area contributed by atoms with E-state index in [1.165, 1.54) is 18.1 Å². The first-order valence-corrected chi connectivity index (χ1v) is 8.18. The predicted molar refractivity (Wildman–Crippen MR) is 83.2 cm³/mol. The van der Waals surface area contributed by atoms with Gasteiger partial charge in [-0.05, 0) is 50.4 Å². The van der Waals surface area contributed by atoms with Crippen molar-refractivity contribution < 1.29 is 19.1 Å². The quantitative estimate of drug-likeness (QED) is 0.589. The van der Waals surface area contributed by atoms with Crippen molar-refractivity contribution >= 4 is 12.1 Å². The Hall–Kier alpha value is -2.03. The number of nitrogens with zero attached hydrogens (tertiary/aromatic N) is 2. The molecule has 2 fully saturated rings. The van der Waals surface area contributed by atoms with Crippen LogP contribution in [0.15, 0.2) is 12.2 Å². The van der Waals surface area contributed by atoms with E-state index < -0.39 is 12.1 Å². The zero-order valence-electron chi connectivity index (χ0n) is 13.7. The number of carbonyl (C=O) groups is 2. The molecule has 2 aliphatic rings. The van der Waals surface area contributed by atoms with E-state index in [0.717, 1.165) is 19.3 Å². The molecule has 1 aliphatic heterocycles. The van der Waals surface area contributed by atoms with Crippen LogP contribution in [0.4, 0.5) is 4.79 Å². The molecule has 0 aromatic carbocycles. The van der Waals surface area contributed by atoms with Crippen LogP contribution in [0.5, 0.6) is 0 Å². The van der Waals surface area contributed by atoms with E-state index in [4.69, 9.17) is 14.7 Å². The summed E-state index contributed by atoms with van der Waals surface area (Å²) in [5.74, 6) is 0.772. The molecule has 1 saturated carbocycles. The number of nitriles is 1. The number of fused-ring (bicyclic) bond motifs is 1. The Morgan fingerprint density at radius 2 is 2.09 bits per heavy atom. The first-order chi connectivity index (χ1) is 11.1. The number of esters is 1. The summed E-state index contributed by atoms with van der Waals surface area (Å²) < 4.78 is 9.97. The fourth-order valence-electron chi connectivity index (χ4n) is 3.82. The highest BCUT2D eigenvalue weighted by Crippen LogP contribution is 2.41. The van der Waals surface area contributed by atoms with Gasteiger partial charge in [-0.15, -0.1) is 0 Å². The maximum atomic E-state index is 12.2. The second-order valence-corrected chi connectivity index (χ2v) is 6.21.